The molecule has 0 amide bonds. The predicted octanol–water partition coefficient (Wildman–Crippen LogP) is 4.05. The predicted molar refractivity (Wildman–Crippen MR) is 86.1 cm³/mol. The summed E-state index contributed by atoms with van der Waals surface area (Å²) in [5.74, 6) is 2.56. The van der Waals surface area contributed by atoms with Crippen molar-refractivity contribution in [3.8, 4) is 0 Å². The van der Waals surface area contributed by atoms with Crippen molar-refractivity contribution in [1.82, 2.24) is 0 Å². The average Bonchev–Trinajstić information content (AvgIpc) is 2.52. The van der Waals surface area contributed by atoms with Crippen LogP contribution in [0.15, 0.2) is 9.98 Å². The molecule has 0 radical (unpaired) electrons. The molecule has 0 bridgehead atoms. The van der Waals surface area contributed by atoms with E-state index in [2.05, 4.69) is 23.8 Å². The minimum atomic E-state index is 0.177. The summed E-state index contributed by atoms with van der Waals surface area (Å²) in [6.07, 6.45) is 12.7. The third-order valence-electron chi connectivity index (χ3n) is 5.85. The van der Waals surface area contributed by atoms with Crippen LogP contribution in [0, 0.1) is 23.7 Å². The van der Waals surface area contributed by atoms with Gasteiger partial charge in [-0.15, -0.1) is 0 Å². The SMILES string of the molecule is CCC1CC(CC2CCC(N=C=O)CC2)CC(C)C1N=C=O. The zero-order chi connectivity index (χ0) is 15.9. The molecule has 2 aliphatic carbocycles. The molecule has 0 aromatic rings. The second kappa shape index (κ2) is 8.41. The molecule has 0 aromatic heterocycles. The lowest BCUT2D eigenvalue weighted by Gasteiger charge is -2.39. The first-order valence-electron chi connectivity index (χ1n) is 8.81. The van der Waals surface area contributed by atoms with Crippen LogP contribution in [0.4, 0.5) is 0 Å². The lowest BCUT2D eigenvalue weighted by atomic mass is 9.68. The van der Waals surface area contributed by atoms with E-state index in [9.17, 15) is 9.59 Å². The van der Waals surface area contributed by atoms with Gasteiger partial charge in [0.1, 0.15) is 0 Å². The van der Waals surface area contributed by atoms with E-state index in [1.807, 2.05) is 0 Å². The van der Waals surface area contributed by atoms with Crippen molar-refractivity contribution < 1.29 is 9.59 Å². The first-order valence-corrected chi connectivity index (χ1v) is 8.81. The van der Waals surface area contributed by atoms with E-state index in [0.29, 0.717) is 11.8 Å². The van der Waals surface area contributed by atoms with Crippen LogP contribution in [0.3, 0.4) is 0 Å². The van der Waals surface area contributed by atoms with Gasteiger partial charge in [-0.2, -0.15) is 0 Å². The number of carbonyl (C=O) groups excluding carboxylic acids is 2. The topological polar surface area (TPSA) is 58.9 Å². The van der Waals surface area contributed by atoms with Crippen molar-refractivity contribution in [2.75, 3.05) is 0 Å². The first kappa shape index (κ1) is 17.1. The molecule has 0 aliphatic heterocycles. The Morgan fingerprint density at radius 2 is 1.64 bits per heavy atom. The fraction of sp³-hybridized carbons (Fsp3) is 0.889. The molecule has 4 heteroatoms. The second-order valence-corrected chi connectivity index (χ2v) is 7.32. The van der Waals surface area contributed by atoms with Crippen molar-refractivity contribution in [3.63, 3.8) is 0 Å². The summed E-state index contributed by atoms with van der Waals surface area (Å²) in [5, 5.41) is 0. The van der Waals surface area contributed by atoms with Crippen molar-refractivity contribution in [3.05, 3.63) is 0 Å². The molecule has 22 heavy (non-hydrogen) atoms. The van der Waals surface area contributed by atoms with Gasteiger partial charge >= 0.3 is 0 Å². The third kappa shape index (κ3) is 4.38. The van der Waals surface area contributed by atoms with Crippen LogP contribution in [-0.2, 0) is 9.59 Å². The van der Waals surface area contributed by atoms with Crippen LogP contribution in [0.2, 0.25) is 0 Å². The summed E-state index contributed by atoms with van der Waals surface area (Å²) in [7, 11) is 0. The molecule has 4 atom stereocenters. The van der Waals surface area contributed by atoms with Crippen LogP contribution in [0.25, 0.3) is 0 Å². The normalized spacial score (nSPS) is 38.6. The van der Waals surface area contributed by atoms with Crippen LogP contribution >= 0.6 is 0 Å². The Hall–Kier alpha value is -1.24. The van der Waals surface area contributed by atoms with Crippen LogP contribution < -0.4 is 0 Å². The van der Waals surface area contributed by atoms with Gasteiger partial charge in [0.05, 0.1) is 12.1 Å². The van der Waals surface area contributed by atoms with Gasteiger partial charge in [0.25, 0.3) is 0 Å². The van der Waals surface area contributed by atoms with Gasteiger partial charge in [-0.1, -0.05) is 20.3 Å². The monoisotopic (exact) mass is 304 g/mol. The first-order chi connectivity index (χ1) is 10.7. The molecule has 2 aliphatic rings. The smallest absolute Gasteiger partial charge is 0.211 e. The minimum Gasteiger partial charge on any atom is -0.211 e. The molecular formula is C18H28N2O2. The van der Waals surface area contributed by atoms with E-state index in [0.717, 1.165) is 31.1 Å². The molecule has 2 fully saturated rings. The third-order valence-corrected chi connectivity index (χ3v) is 5.85. The van der Waals surface area contributed by atoms with Gasteiger partial charge in [-0.3, -0.25) is 0 Å². The Balaban J connectivity index is 1.86. The maximum absolute atomic E-state index is 10.6. The van der Waals surface area contributed by atoms with E-state index < -0.39 is 0 Å². The number of hydrogen-bond acceptors (Lipinski definition) is 4. The maximum Gasteiger partial charge on any atom is 0.235 e. The molecular weight excluding hydrogens is 276 g/mol. The van der Waals surface area contributed by atoms with E-state index in [-0.39, 0.29) is 12.1 Å². The summed E-state index contributed by atoms with van der Waals surface area (Å²) in [4.78, 5) is 28.9. The molecule has 4 nitrogen and oxygen atoms in total. The zero-order valence-electron chi connectivity index (χ0n) is 13.8. The second-order valence-electron chi connectivity index (χ2n) is 7.32. The Morgan fingerprint density at radius 3 is 2.23 bits per heavy atom. The molecule has 4 unspecified atom stereocenters. The number of isocyanates is 2. The van der Waals surface area contributed by atoms with Crippen LogP contribution in [-0.4, -0.2) is 24.2 Å². The largest absolute Gasteiger partial charge is 0.235 e. The summed E-state index contributed by atoms with van der Waals surface area (Å²) in [6, 6.07) is 0.394. The Labute approximate surface area is 133 Å². The molecule has 0 spiro atoms. The fourth-order valence-corrected chi connectivity index (χ4v) is 4.74. The zero-order valence-corrected chi connectivity index (χ0v) is 13.8. The van der Waals surface area contributed by atoms with Crippen molar-refractivity contribution in [2.24, 2.45) is 33.7 Å². The molecule has 2 rings (SSSR count). The van der Waals surface area contributed by atoms with Crippen molar-refractivity contribution in [2.45, 2.75) is 77.3 Å². The van der Waals surface area contributed by atoms with Gasteiger partial charge < -0.3 is 0 Å². The van der Waals surface area contributed by atoms with Gasteiger partial charge in [-0.05, 0) is 68.6 Å². The summed E-state index contributed by atoms with van der Waals surface area (Å²) >= 11 is 0. The maximum atomic E-state index is 10.6. The van der Waals surface area contributed by atoms with Gasteiger partial charge in [0, 0.05) is 0 Å². The molecule has 2 saturated carbocycles. The lowest BCUT2D eigenvalue weighted by molar-refractivity contribution is 0.138. The Morgan fingerprint density at radius 1 is 0.955 bits per heavy atom. The van der Waals surface area contributed by atoms with Crippen LogP contribution in [0.1, 0.15) is 65.2 Å². The van der Waals surface area contributed by atoms with Gasteiger partial charge in [-0.25, -0.2) is 19.6 Å². The highest BCUT2D eigenvalue weighted by molar-refractivity contribution is 5.34. The molecule has 122 valence electrons. The highest BCUT2D eigenvalue weighted by atomic mass is 16.1. The number of rotatable bonds is 5. The quantitative estimate of drug-likeness (QED) is 0.568. The standard InChI is InChI=1S/C18H28N2O2/c1-3-16-10-15(8-13(2)18(16)20-12-22)9-14-4-6-17(7-5-14)19-11-21/h13-18H,3-10H2,1-2H3. The van der Waals surface area contributed by atoms with E-state index in [1.165, 1.54) is 32.1 Å². The van der Waals surface area contributed by atoms with E-state index in [4.69, 9.17) is 0 Å². The summed E-state index contributed by atoms with van der Waals surface area (Å²) in [5.41, 5.74) is 0. The highest BCUT2D eigenvalue weighted by Crippen LogP contribution is 2.42. The number of nitrogens with zero attached hydrogens (tertiary/aromatic N) is 2. The summed E-state index contributed by atoms with van der Waals surface area (Å²) in [6.45, 7) is 4.44. The Kier molecular flexibility index (Phi) is 6.54. The average molecular weight is 304 g/mol. The lowest BCUT2D eigenvalue weighted by Crippen LogP contribution is -2.35. The molecule has 0 saturated heterocycles. The number of hydrogen-bond donors (Lipinski definition) is 0. The Bertz CT molecular complexity index is 444. The molecule has 0 heterocycles. The van der Waals surface area contributed by atoms with Gasteiger partial charge in [0.15, 0.2) is 0 Å². The summed E-state index contributed by atoms with van der Waals surface area (Å²) < 4.78 is 0. The molecule has 0 N–H and O–H groups in total. The van der Waals surface area contributed by atoms with Crippen molar-refractivity contribution in [1.29, 1.82) is 0 Å². The van der Waals surface area contributed by atoms with Gasteiger partial charge in [0.2, 0.25) is 12.2 Å². The van der Waals surface area contributed by atoms with Crippen molar-refractivity contribution >= 4 is 12.2 Å². The fourth-order valence-electron chi connectivity index (χ4n) is 4.74. The van der Waals surface area contributed by atoms with E-state index >= 15 is 0 Å². The highest BCUT2D eigenvalue weighted by Gasteiger charge is 2.36. The molecule has 0 aromatic carbocycles. The van der Waals surface area contributed by atoms with E-state index in [1.54, 1.807) is 12.2 Å². The number of aliphatic imine (C=N–C) groups is 2. The minimum absolute atomic E-state index is 0.177. The van der Waals surface area contributed by atoms with Crippen LogP contribution in [0.5, 0.6) is 0 Å².